The molecule has 0 aliphatic rings. The lowest BCUT2D eigenvalue weighted by Crippen LogP contribution is -2.12. The van der Waals surface area contributed by atoms with E-state index in [9.17, 15) is 4.79 Å². The number of anilines is 1. The standard InChI is InChI=1S/C15H14N4OS/c1-9(2)14-18-19-15(21-14)17-13(20)11-7-3-5-10-6-4-8-16-12(10)11/h3-9H,1-2H3,(H,17,19,20). The largest absolute Gasteiger partial charge is 0.296 e. The molecule has 0 fully saturated rings. The molecule has 5 nitrogen and oxygen atoms in total. The number of hydrogen-bond donors (Lipinski definition) is 1. The molecular weight excluding hydrogens is 284 g/mol. The molecule has 0 aliphatic carbocycles. The number of para-hydroxylation sites is 1. The Morgan fingerprint density at radius 3 is 2.76 bits per heavy atom. The molecule has 0 aliphatic heterocycles. The average Bonchev–Trinajstić information content (AvgIpc) is 2.95. The number of benzene rings is 1. The Hall–Kier alpha value is -2.34. The first-order valence-corrected chi connectivity index (χ1v) is 7.45. The van der Waals surface area contributed by atoms with Crippen LogP contribution in [0.3, 0.4) is 0 Å². The molecule has 3 rings (SSSR count). The fourth-order valence-electron chi connectivity index (χ4n) is 1.97. The van der Waals surface area contributed by atoms with Crippen LogP contribution in [0.4, 0.5) is 5.13 Å². The van der Waals surface area contributed by atoms with E-state index in [4.69, 9.17) is 0 Å². The van der Waals surface area contributed by atoms with Crippen LogP contribution in [0.2, 0.25) is 0 Å². The minimum atomic E-state index is -0.217. The fraction of sp³-hybridized carbons (Fsp3) is 0.200. The molecule has 1 N–H and O–H groups in total. The van der Waals surface area contributed by atoms with Gasteiger partial charge in [-0.1, -0.05) is 43.4 Å². The molecule has 0 saturated heterocycles. The summed E-state index contributed by atoms with van der Waals surface area (Å²) in [4.78, 5) is 16.7. The van der Waals surface area contributed by atoms with Crippen molar-refractivity contribution in [2.45, 2.75) is 19.8 Å². The van der Waals surface area contributed by atoms with Crippen molar-refractivity contribution in [1.82, 2.24) is 15.2 Å². The lowest BCUT2D eigenvalue weighted by molar-refractivity contribution is 0.102. The van der Waals surface area contributed by atoms with Gasteiger partial charge in [-0.2, -0.15) is 0 Å². The molecule has 0 unspecified atom stereocenters. The first-order chi connectivity index (χ1) is 10.1. The van der Waals surface area contributed by atoms with Crippen LogP contribution in [0.15, 0.2) is 36.5 Å². The van der Waals surface area contributed by atoms with Crippen molar-refractivity contribution < 1.29 is 4.79 Å². The minimum absolute atomic E-state index is 0.217. The molecule has 1 aromatic carbocycles. The number of fused-ring (bicyclic) bond motifs is 1. The van der Waals surface area contributed by atoms with Gasteiger partial charge in [-0.05, 0) is 12.1 Å². The fourth-order valence-corrected chi connectivity index (χ4v) is 2.71. The second-order valence-electron chi connectivity index (χ2n) is 4.93. The molecule has 3 aromatic rings. The SMILES string of the molecule is CC(C)c1nnc(NC(=O)c2cccc3cccnc23)s1. The molecular formula is C15H14N4OS. The molecule has 2 aromatic heterocycles. The van der Waals surface area contributed by atoms with E-state index in [1.54, 1.807) is 12.3 Å². The van der Waals surface area contributed by atoms with Crippen LogP contribution in [-0.4, -0.2) is 21.1 Å². The summed E-state index contributed by atoms with van der Waals surface area (Å²) in [6.07, 6.45) is 1.68. The molecule has 0 spiro atoms. The third-order valence-electron chi connectivity index (χ3n) is 3.03. The maximum Gasteiger partial charge on any atom is 0.259 e. The van der Waals surface area contributed by atoms with Crippen molar-refractivity contribution in [3.05, 3.63) is 47.1 Å². The Morgan fingerprint density at radius 2 is 2.00 bits per heavy atom. The molecule has 6 heteroatoms. The summed E-state index contributed by atoms with van der Waals surface area (Å²) in [7, 11) is 0. The van der Waals surface area contributed by atoms with Gasteiger partial charge in [0.1, 0.15) is 5.01 Å². The van der Waals surface area contributed by atoms with Crippen molar-refractivity contribution in [1.29, 1.82) is 0 Å². The molecule has 0 atom stereocenters. The number of nitrogens with one attached hydrogen (secondary N) is 1. The van der Waals surface area contributed by atoms with Crippen LogP contribution in [-0.2, 0) is 0 Å². The highest BCUT2D eigenvalue weighted by Gasteiger charge is 2.14. The summed E-state index contributed by atoms with van der Waals surface area (Å²) < 4.78 is 0. The highest BCUT2D eigenvalue weighted by Crippen LogP contribution is 2.23. The van der Waals surface area contributed by atoms with Crippen molar-refractivity contribution in [2.24, 2.45) is 0 Å². The first-order valence-electron chi connectivity index (χ1n) is 6.63. The molecule has 0 saturated carbocycles. The Labute approximate surface area is 126 Å². The van der Waals surface area contributed by atoms with Gasteiger partial charge < -0.3 is 0 Å². The average molecular weight is 298 g/mol. The minimum Gasteiger partial charge on any atom is -0.296 e. The van der Waals surface area contributed by atoms with E-state index >= 15 is 0 Å². The summed E-state index contributed by atoms with van der Waals surface area (Å²) in [5.74, 6) is 0.0816. The van der Waals surface area contributed by atoms with Crippen LogP contribution in [0.1, 0.15) is 35.1 Å². The van der Waals surface area contributed by atoms with Crippen molar-refractivity contribution >= 4 is 33.3 Å². The van der Waals surface area contributed by atoms with Gasteiger partial charge in [0.2, 0.25) is 5.13 Å². The van der Waals surface area contributed by atoms with E-state index in [-0.39, 0.29) is 5.91 Å². The van der Waals surface area contributed by atoms with E-state index in [0.717, 1.165) is 10.4 Å². The Balaban J connectivity index is 1.90. The number of aromatic nitrogens is 3. The van der Waals surface area contributed by atoms with Crippen LogP contribution in [0.5, 0.6) is 0 Å². The second kappa shape index (κ2) is 5.57. The van der Waals surface area contributed by atoms with E-state index < -0.39 is 0 Å². The van der Waals surface area contributed by atoms with E-state index in [1.807, 2.05) is 38.1 Å². The first kappa shape index (κ1) is 13.6. The third-order valence-corrected chi connectivity index (χ3v) is 4.17. The third kappa shape index (κ3) is 2.75. The van der Waals surface area contributed by atoms with Crippen LogP contribution < -0.4 is 5.32 Å². The zero-order chi connectivity index (χ0) is 14.8. The van der Waals surface area contributed by atoms with Gasteiger partial charge in [-0.15, -0.1) is 10.2 Å². The lowest BCUT2D eigenvalue weighted by Gasteiger charge is -2.04. The normalized spacial score (nSPS) is 11.0. The Bertz CT molecular complexity index is 792. The van der Waals surface area contributed by atoms with Crippen LogP contribution in [0, 0.1) is 0 Å². The Kier molecular flexibility index (Phi) is 3.62. The topological polar surface area (TPSA) is 67.8 Å². The summed E-state index contributed by atoms with van der Waals surface area (Å²) in [5, 5.41) is 13.2. The number of carbonyl (C=O) groups is 1. The molecule has 0 radical (unpaired) electrons. The molecule has 2 heterocycles. The smallest absolute Gasteiger partial charge is 0.259 e. The summed E-state index contributed by atoms with van der Waals surface area (Å²) >= 11 is 1.39. The molecule has 21 heavy (non-hydrogen) atoms. The van der Waals surface area contributed by atoms with Gasteiger partial charge in [0, 0.05) is 17.5 Å². The second-order valence-corrected chi connectivity index (χ2v) is 5.94. The van der Waals surface area contributed by atoms with Gasteiger partial charge in [-0.3, -0.25) is 15.1 Å². The number of nitrogens with zero attached hydrogens (tertiary/aromatic N) is 3. The number of rotatable bonds is 3. The zero-order valence-electron chi connectivity index (χ0n) is 11.7. The number of pyridine rings is 1. The highest BCUT2D eigenvalue weighted by molar-refractivity contribution is 7.15. The van der Waals surface area contributed by atoms with Crippen molar-refractivity contribution in [3.63, 3.8) is 0 Å². The highest BCUT2D eigenvalue weighted by atomic mass is 32.1. The summed E-state index contributed by atoms with van der Waals surface area (Å²) in [6, 6.07) is 9.32. The lowest BCUT2D eigenvalue weighted by atomic mass is 10.1. The number of hydrogen-bond acceptors (Lipinski definition) is 5. The van der Waals surface area contributed by atoms with Gasteiger partial charge >= 0.3 is 0 Å². The maximum atomic E-state index is 12.4. The van der Waals surface area contributed by atoms with Crippen LogP contribution in [0.25, 0.3) is 10.9 Å². The number of carbonyl (C=O) groups excluding carboxylic acids is 1. The molecule has 0 bridgehead atoms. The van der Waals surface area contributed by atoms with Gasteiger partial charge in [0.25, 0.3) is 5.91 Å². The summed E-state index contributed by atoms with van der Waals surface area (Å²) in [6.45, 7) is 4.08. The molecule has 1 amide bonds. The van der Waals surface area contributed by atoms with Crippen LogP contribution >= 0.6 is 11.3 Å². The number of amides is 1. The zero-order valence-corrected chi connectivity index (χ0v) is 12.5. The Morgan fingerprint density at radius 1 is 1.19 bits per heavy atom. The summed E-state index contributed by atoms with van der Waals surface area (Å²) in [5.41, 5.74) is 1.22. The van der Waals surface area contributed by atoms with Gasteiger partial charge in [-0.25, -0.2) is 0 Å². The van der Waals surface area contributed by atoms with Gasteiger partial charge in [0.15, 0.2) is 0 Å². The predicted octanol–water partition coefficient (Wildman–Crippen LogP) is 3.46. The maximum absolute atomic E-state index is 12.4. The van der Waals surface area contributed by atoms with E-state index in [2.05, 4.69) is 20.5 Å². The van der Waals surface area contributed by atoms with Gasteiger partial charge in [0.05, 0.1) is 11.1 Å². The predicted molar refractivity (Wildman–Crippen MR) is 83.7 cm³/mol. The van der Waals surface area contributed by atoms with Crippen molar-refractivity contribution in [3.8, 4) is 0 Å². The monoisotopic (exact) mass is 298 g/mol. The van der Waals surface area contributed by atoms with E-state index in [1.165, 1.54) is 11.3 Å². The molecule has 106 valence electrons. The van der Waals surface area contributed by atoms with E-state index in [0.29, 0.717) is 22.1 Å². The van der Waals surface area contributed by atoms with Crippen molar-refractivity contribution in [2.75, 3.05) is 5.32 Å². The quantitative estimate of drug-likeness (QED) is 0.804.